The molecule has 29 heavy (non-hydrogen) atoms. The number of benzene rings is 2. The largest absolute Gasteiger partial charge is 0.325 e. The molecule has 0 aliphatic heterocycles. The second kappa shape index (κ2) is 9.29. The number of thioether (sulfide) groups is 1. The van der Waals surface area contributed by atoms with Crippen LogP contribution in [0.1, 0.15) is 16.7 Å². The fourth-order valence-electron chi connectivity index (χ4n) is 3.21. The van der Waals surface area contributed by atoms with E-state index in [1.165, 1.54) is 17.3 Å². The molecule has 0 saturated carbocycles. The Morgan fingerprint density at radius 1 is 1.21 bits per heavy atom. The Morgan fingerprint density at radius 2 is 1.90 bits per heavy atom. The molecule has 3 rings (SSSR count). The molecule has 0 saturated heterocycles. The van der Waals surface area contributed by atoms with Crippen molar-refractivity contribution in [2.24, 2.45) is 0 Å². The third kappa shape index (κ3) is 4.89. The summed E-state index contributed by atoms with van der Waals surface area (Å²) in [6.45, 7) is 10.4. The minimum atomic E-state index is -0.0856. The van der Waals surface area contributed by atoms with Crippen molar-refractivity contribution in [2.45, 2.75) is 32.5 Å². The number of carbonyl (C=O) groups excluding carboxylic acids is 1. The van der Waals surface area contributed by atoms with E-state index >= 15 is 0 Å². The number of aromatic nitrogens is 3. The maximum absolute atomic E-state index is 12.5. The standard InChI is InChI=1S/C22H23ClN4OS/c1-5-10-27-21(17-8-6-7-9-18(17)23)25-26-22(27)29-13-19(28)24-20-15(3)11-14(2)12-16(20)4/h5-9,11-12H,1,10,13H2,2-4H3,(H,24,28). The molecule has 1 heterocycles. The first-order chi connectivity index (χ1) is 13.9. The summed E-state index contributed by atoms with van der Waals surface area (Å²) in [5.74, 6) is 0.797. The van der Waals surface area contributed by atoms with Crippen LogP contribution in [0.5, 0.6) is 0 Å². The fraction of sp³-hybridized carbons (Fsp3) is 0.227. The van der Waals surface area contributed by atoms with Gasteiger partial charge >= 0.3 is 0 Å². The molecular weight excluding hydrogens is 404 g/mol. The predicted molar refractivity (Wildman–Crippen MR) is 121 cm³/mol. The van der Waals surface area contributed by atoms with E-state index in [0.717, 1.165) is 22.4 Å². The number of anilines is 1. The number of carbonyl (C=O) groups is 1. The van der Waals surface area contributed by atoms with Crippen molar-refractivity contribution >= 4 is 35.0 Å². The quantitative estimate of drug-likeness (QED) is 0.403. The van der Waals surface area contributed by atoms with Crippen LogP contribution in [0.25, 0.3) is 11.4 Å². The number of nitrogens with one attached hydrogen (secondary N) is 1. The summed E-state index contributed by atoms with van der Waals surface area (Å²) < 4.78 is 1.91. The van der Waals surface area contributed by atoms with Crippen LogP contribution in [0.4, 0.5) is 5.69 Å². The Balaban J connectivity index is 1.76. The van der Waals surface area contributed by atoms with Gasteiger partial charge < -0.3 is 5.32 Å². The molecule has 0 unspecified atom stereocenters. The summed E-state index contributed by atoms with van der Waals surface area (Å²) in [5, 5.41) is 12.8. The second-order valence-corrected chi connectivity index (χ2v) is 8.15. The molecule has 0 radical (unpaired) electrons. The maximum atomic E-state index is 12.5. The van der Waals surface area contributed by atoms with E-state index in [9.17, 15) is 4.79 Å². The Labute approximate surface area is 180 Å². The van der Waals surface area contributed by atoms with Gasteiger partial charge in [0, 0.05) is 17.8 Å². The van der Waals surface area contributed by atoms with Gasteiger partial charge in [0.1, 0.15) is 0 Å². The van der Waals surface area contributed by atoms with E-state index in [0.29, 0.717) is 22.5 Å². The molecule has 2 aromatic carbocycles. The van der Waals surface area contributed by atoms with Gasteiger partial charge in [0.2, 0.25) is 5.91 Å². The van der Waals surface area contributed by atoms with Gasteiger partial charge in [-0.3, -0.25) is 9.36 Å². The highest BCUT2D eigenvalue weighted by Gasteiger charge is 2.17. The number of aryl methyl sites for hydroxylation is 3. The van der Waals surface area contributed by atoms with Crippen molar-refractivity contribution < 1.29 is 4.79 Å². The summed E-state index contributed by atoms with van der Waals surface area (Å²) in [6.07, 6.45) is 1.77. The third-order valence-electron chi connectivity index (χ3n) is 4.42. The number of allylic oxidation sites excluding steroid dienone is 1. The number of nitrogens with zero attached hydrogens (tertiary/aromatic N) is 3. The minimum Gasteiger partial charge on any atom is -0.325 e. The summed E-state index contributed by atoms with van der Waals surface area (Å²) in [5.41, 5.74) is 4.95. The van der Waals surface area contributed by atoms with Crippen molar-refractivity contribution in [3.8, 4) is 11.4 Å². The maximum Gasteiger partial charge on any atom is 0.234 e. The summed E-state index contributed by atoms with van der Waals surface area (Å²) in [6, 6.07) is 11.6. The first kappa shape index (κ1) is 21.1. The van der Waals surface area contributed by atoms with Crippen LogP contribution in [0.2, 0.25) is 5.02 Å². The zero-order valence-electron chi connectivity index (χ0n) is 16.7. The number of amides is 1. The van der Waals surface area contributed by atoms with Gasteiger partial charge in [-0.1, -0.05) is 59.3 Å². The normalized spacial score (nSPS) is 10.8. The Hall–Kier alpha value is -2.57. The molecule has 0 aliphatic carbocycles. The monoisotopic (exact) mass is 426 g/mol. The van der Waals surface area contributed by atoms with E-state index in [-0.39, 0.29) is 11.7 Å². The summed E-state index contributed by atoms with van der Waals surface area (Å²) >= 11 is 7.66. The first-order valence-electron chi connectivity index (χ1n) is 9.20. The molecular formula is C22H23ClN4OS. The lowest BCUT2D eigenvalue weighted by Crippen LogP contribution is -2.16. The van der Waals surface area contributed by atoms with Gasteiger partial charge in [0.15, 0.2) is 11.0 Å². The molecule has 1 aromatic heterocycles. The average Bonchev–Trinajstić information content (AvgIpc) is 3.06. The van der Waals surface area contributed by atoms with E-state index in [2.05, 4.69) is 34.2 Å². The average molecular weight is 427 g/mol. The predicted octanol–water partition coefficient (Wildman–Crippen LogP) is 5.44. The highest BCUT2D eigenvalue weighted by atomic mass is 35.5. The zero-order chi connectivity index (χ0) is 21.0. The van der Waals surface area contributed by atoms with Crippen LogP contribution >= 0.6 is 23.4 Å². The van der Waals surface area contributed by atoms with Gasteiger partial charge in [0.05, 0.1) is 10.8 Å². The van der Waals surface area contributed by atoms with Gasteiger partial charge in [-0.05, 0) is 44.0 Å². The summed E-state index contributed by atoms with van der Waals surface area (Å²) in [4.78, 5) is 12.5. The van der Waals surface area contributed by atoms with Gasteiger partial charge in [-0.2, -0.15) is 0 Å². The lowest BCUT2D eigenvalue weighted by Gasteiger charge is -2.13. The van der Waals surface area contributed by atoms with E-state index < -0.39 is 0 Å². The highest BCUT2D eigenvalue weighted by Crippen LogP contribution is 2.29. The number of hydrogen-bond donors (Lipinski definition) is 1. The Morgan fingerprint density at radius 3 is 2.55 bits per heavy atom. The molecule has 0 fully saturated rings. The molecule has 150 valence electrons. The highest BCUT2D eigenvalue weighted by molar-refractivity contribution is 7.99. The lowest BCUT2D eigenvalue weighted by molar-refractivity contribution is -0.113. The lowest BCUT2D eigenvalue weighted by atomic mass is 10.1. The van der Waals surface area contributed by atoms with Crippen LogP contribution in [0.3, 0.4) is 0 Å². The molecule has 0 bridgehead atoms. The molecule has 1 amide bonds. The first-order valence-corrected chi connectivity index (χ1v) is 10.6. The van der Waals surface area contributed by atoms with Crippen LogP contribution in [0.15, 0.2) is 54.2 Å². The SMILES string of the molecule is C=CCn1c(SCC(=O)Nc2c(C)cc(C)cc2C)nnc1-c1ccccc1Cl. The minimum absolute atomic E-state index is 0.0856. The smallest absolute Gasteiger partial charge is 0.234 e. The number of rotatable bonds is 7. The number of hydrogen-bond acceptors (Lipinski definition) is 4. The van der Waals surface area contributed by atoms with Gasteiger partial charge in [0.25, 0.3) is 0 Å². The molecule has 3 aromatic rings. The van der Waals surface area contributed by atoms with Crippen molar-refractivity contribution in [1.29, 1.82) is 0 Å². The van der Waals surface area contributed by atoms with E-state index in [4.69, 9.17) is 11.6 Å². The fourth-order valence-corrected chi connectivity index (χ4v) is 4.18. The van der Waals surface area contributed by atoms with Crippen molar-refractivity contribution in [3.63, 3.8) is 0 Å². The number of halogens is 1. The molecule has 0 aliphatic rings. The van der Waals surface area contributed by atoms with E-state index in [1.54, 1.807) is 6.08 Å². The van der Waals surface area contributed by atoms with Crippen LogP contribution < -0.4 is 5.32 Å². The molecule has 7 heteroatoms. The van der Waals surface area contributed by atoms with Crippen LogP contribution in [-0.2, 0) is 11.3 Å². The third-order valence-corrected chi connectivity index (χ3v) is 5.71. The molecule has 0 atom stereocenters. The topological polar surface area (TPSA) is 59.8 Å². The molecule has 1 N–H and O–H groups in total. The van der Waals surface area contributed by atoms with Crippen molar-refractivity contribution in [3.05, 3.63) is 70.8 Å². The summed E-state index contributed by atoms with van der Waals surface area (Å²) in [7, 11) is 0. The zero-order valence-corrected chi connectivity index (χ0v) is 18.3. The Kier molecular flexibility index (Phi) is 6.77. The van der Waals surface area contributed by atoms with E-state index in [1.807, 2.05) is 49.6 Å². The van der Waals surface area contributed by atoms with Gasteiger partial charge in [-0.25, -0.2) is 0 Å². The van der Waals surface area contributed by atoms with Crippen molar-refractivity contribution in [2.75, 3.05) is 11.1 Å². The molecule has 0 spiro atoms. The second-order valence-electron chi connectivity index (χ2n) is 6.80. The van der Waals surface area contributed by atoms with Crippen LogP contribution in [-0.4, -0.2) is 26.4 Å². The van der Waals surface area contributed by atoms with Gasteiger partial charge in [-0.15, -0.1) is 16.8 Å². The van der Waals surface area contributed by atoms with Crippen LogP contribution in [0, 0.1) is 20.8 Å². The molecule has 5 nitrogen and oxygen atoms in total. The van der Waals surface area contributed by atoms with Crippen molar-refractivity contribution in [1.82, 2.24) is 14.8 Å². The Bertz CT molecular complexity index is 1040.